The summed E-state index contributed by atoms with van der Waals surface area (Å²) in [7, 11) is 0. The Morgan fingerprint density at radius 3 is 2.24 bits per heavy atom. The summed E-state index contributed by atoms with van der Waals surface area (Å²) in [6, 6.07) is 0.0900. The number of carbonyl (C=O) groups excluding carboxylic acids is 2. The molecule has 0 aromatic carbocycles. The fourth-order valence-corrected chi connectivity index (χ4v) is 1.94. The van der Waals surface area contributed by atoms with Crippen LogP contribution in [0.15, 0.2) is 0 Å². The molecular formula is C12H23N3O2. The SMILES string of the molecule is CCN1CCN(C(=O)CC(=O)NC(C)C)CC1. The highest BCUT2D eigenvalue weighted by Crippen LogP contribution is 2.03. The van der Waals surface area contributed by atoms with E-state index in [1.54, 1.807) is 4.90 Å². The Kier molecular flexibility index (Phi) is 5.41. The van der Waals surface area contributed by atoms with Crippen molar-refractivity contribution in [1.29, 1.82) is 0 Å². The number of hydrogen-bond acceptors (Lipinski definition) is 3. The first-order chi connectivity index (χ1) is 8.02. The first kappa shape index (κ1) is 14.0. The van der Waals surface area contributed by atoms with Gasteiger partial charge >= 0.3 is 0 Å². The molecule has 1 rings (SSSR count). The molecule has 1 fully saturated rings. The normalized spacial score (nSPS) is 17.3. The van der Waals surface area contributed by atoms with Gasteiger partial charge < -0.3 is 15.1 Å². The largest absolute Gasteiger partial charge is 0.353 e. The maximum atomic E-state index is 11.8. The Labute approximate surface area is 103 Å². The van der Waals surface area contributed by atoms with Gasteiger partial charge in [-0.05, 0) is 20.4 Å². The van der Waals surface area contributed by atoms with Gasteiger partial charge in [-0.25, -0.2) is 0 Å². The third kappa shape index (κ3) is 4.73. The molecular weight excluding hydrogens is 218 g/mol. The van der Waals surface area contributed by atoms with Crippen LogP contribution in [0.4, 0.5) is 0 Å². The number of rotatable bonds is 4. The van der Waals surface area contributed by atoms with Crippen LogP contribution in [0.3, 0.4) is 0 Å². The molecule has 17 heavy (non-hydrogen) atoms. The average Bonchev–Trinajstić information content (AvgIpc) is 2.28. The van der Waals surface area contributed by atoms with Crippen molar-refractivity contribution in [3.8, 4) is 0 Å². The van der Waals surface area contributed by atoms with Gasteiger partial charge in [0, 0.05) is 32.2 Å². The van der Waals surface area contributed by atoms with Crippen LogP contribution in [0.1, 0.15) is 27.2 Å². The summed E-state index contributed by atoms with van der Waals surface area (Å²) in [6.45, 7) is 10.2. The Balaban J connectivity index is 2.31. The van der Waals surface area contributed by atoms with E-state index in [1.807, 2.05) is 13.8 Å². The van der Waals surface area contributed by atoms with E-state index in [0.717, 1.165) is 32.7 Å². The predicted molar refractivity (Wildman–Crippen MR) is 66.6 cm³/mol. The van der Waals surface area contributed by atoms with Crippen molar-refractivity contribution in [3.05, 3.63) is 0 Å². The molecule has 0 bridgehead atoms. The van der Waals surface area contributed by atoms with Crippen LogP contribution in [-0.2, 0) is 9.59 Å². The van der Waals surface area contributed by atoms with Gasteiger partial charge in [-0.3, -0.25) is 9.59 Å². The maximum absolute atomic E-state index is 11.8. The van der Waals surface area contributed by atoms with Crippen molar-refractivity contribution in [2.45, 2.75) is 33.2 Å². The van der Waals surface area contributed by atoms with E-state index in [1.165, 1.54) is 0 Å². The summed E-state index contributed by atoms with van der Waals surface area (Å²) < 4.78 is 0. The second-order valence-electron chi connectivity index (χ2n) is 4.71. The highest BCUT2D eigenvalue weighted by Gasteiger charge is 2.21. The van der Waals surface area contributed by atoms with Gasteiger partial charge in [-0.15, -0.1) is 0 Å². The van der Waals surface area contributed by atoms with E-state index in [-0.39, 0.29) is 24.3 Å². The lowest BCUT2D eigenvalue weighted by atomic mass is 10.2. The van der Waals surface area contributed by atoms with Crippen LogP contribution in [0.2, 0.25) is 0 Å². The fraction of sp³-hybridized carbons (Fsp3) is 0.833. The summed E-state index contributed by atoms with van der Waals surface area (Å²) >= 11 is 0. The predicted octanol–water partition coefficient (Wildman–Crippen LogP) is 0.0652. The molecule has 98 valence electrons. The number of carbonyl (C=O) groups is 2. The molecule has 5 heteroatoms. The third-order valence-electron chi connectivity index (χ3n) is 2.93. The molecule has 5 nitrogen and oxygen atoms in total. The molecule has 0 saturated carbocycles. The van der Waals surface area contributed by atoms with Crippen molar-refractivity contribution in [3.63, 3.8) is 0 Å². The number of hydrogen-bond donors (Lipinski definition) is 1. The van der Waals surface area contributed by atoms with Gasteiger partial charge in [0.2, 0.25) is 11.8 Å². The zero-order chi connectivity index (χ0) is 12.8. The van der Waals surface area contributed by atoms with Crippen LogP contribution in [-0.4, -0.2) is 60.4 Å². The molecule has 1 aliphatic heterocycles. The lowest BCUT2D eigenvalue weighted by molar-refractivity contribution is -0.137. The number of likely N-dealkylation sites (N-methyl/N-ethyl adjacent to an activating group) is 1. The first-order valence-electron chi connectivity index (χ1n) is 6.32. The van der Waals surface area contributed by atoms with Crippen molar-refractivity contribution in [2.24, 2.45) is 0 Å². The second kappa shape index (κ2) is 6.59. The maximum Gasteiger partial charge on any atom is 0.232 e. The highest BCUT2D eigenvalue weighted by atomic mass is 16.2. The minimum atomic E-state index is -0.178. The molecule has 0 aliphatic carbocycles. The quantitative estimate of drug-likeness (QED) is 0.708. The van der Waals surface area contributed by atoms with Gasteiger partial charge in [0.05, 0.1) is 0 Å². The second-order valence-corrected chi connectivity index (χ2v) is 4.71. The van der Waals surface area contributed by atoms with Crippen molar-refractivity contribution < 1.29 is 9.59 Å². The van der Waals surface area contributed by atoms with E-state index >= 15 is 0 Å². The Hall–Kier alpha value is -1.10. The minimum Gasteiger partial charge on any atom is -0.353 e. The molecule has 1 saturated heterocycles. The summed E-state index contributed by atoms with van der Waals surface area (Å²) in [4.78, 5) is 27.4. The smallest absolute Gasteiger partial charge is 0.232 e. The van der Waals surface area contributed by atoms with Crippen molar-refractivity contribution in [1.82, 2.24) is 15.1 Å². The van der Waals surface area contributed by atoms with Gasteiger partial charge in [0.15, 0.2) is 0 Å². The van der Waals surface area contributed by atoms with Gasteiger partial charge in [-0.2, -0.15) is 0 Å². The van der Waals surface area contributed by atoms with Crippen LogP contribution >= 0.6 is 0 Å². The monoisotopic (exact) mass is 241 g/mol. The summed E-state index contributed by atoms with van der Waals surface area (Å²) in [5.41, 5.74) is 0. The van der Waals surface area contributed by atoms with Crippen LogP contribution in [0.25, 0.3) is 0 Å². The van der Waals surface area contributed by atoms with E-state index < -0.39 is 0 Å². The molecule has 0 radical (unpaired) electrons. The molecule has 0 aromatic heterocycles. The van der Waals surface area contributed by atoms with Gasteiger partial charge in [0.25, 0.3) is 0 Å². The third-order valence-corrected chi connectivity index (χ3v) is 2.93. The molecule has 0 unspecified atom stereocenters. The summed E-state index contributed by atoms with van der Waals surface area (Å²) in [5.74, 6) is -0.234. The number of nitrogens with zero attached hydrogens (tertiary/aromatic N) is 2. The molecule has 1 aliphatic rings. The van der Waals surface area contributed by atoms with E-state index in [0.29, 0.717) is 0 Å². The van der Waals surface area contributed by atoms with Gasteiger partial charge in [0.1, 0.15) is 6.42 Å². The summed E-state index contributed by atoms with van der Waals surface area (Å²) in [5, 5.41) is 2.74. The average molecular weight is 241 g/mol. The number of nitrogens with one attached hydrogen (secondary N) is 1. The highest BCUT2D eigenvalue weighted by molar-refractivity contribution is 5.97. The molecule has 0 aromatic rings. The Morgan fingerprint density at radius 2 is 1.76 bits per heavy atom. The van der Waals surface area contributed by atoms with E-state index in [2.05, 4.69) is 17.1 Å². The molecule has 2 amide bonds. The molecule has 0 atom stereocenters. The zero-order valence-electron chi connectivity index (χ0n) is 11.0. The minimum absolute atomic E-state index is 0.0235. The molecule has 0 spiro atoms. The fourth-order valence-electron chi connectivity index (χ4n) is 1.94. The Bertz CT molecular complexity index is 271. The van der Waals surface area contributed by atoms with Crippen LogP contribution in [0, 0.1) is 0 Å². The molecule has 1 heterocycles. The lowest BCUT2D eigenvalue weighted by Crippen LogP contribution is -2.49. The van der Waals surface area contributed by atoms with Crippen LogP contribution in [0.5, 0.6) is 0 Å². The van der Waals surface area contributed by atoms with Crippen molar-refractivity contribution in [2.75, 3.05) is 32.7 Å². The lowest BCUT2D eigenvalue weighted by Gasteiger charge is -2.34. The van der Waals surface area contributed by atoms with E-state index in [4.69, 9.17) is 0 Å². The standard InChI is InChI=1S/C12H23N3O2/c1-4-14-5-7-15(8-6-14)12(17)9-11(16)13-10(2)3/h10H,4-9H2,1-3H3,(H,13,16). The topological polar surface area (TPSA) is 52.7 Å². The molecule has 1 N–H and O–H groups in total. The number of piperazine rings is 1. The summed E-state index contributed by atoms with van der Waals surface area (Å²) in [6.07, 6.45) is -0.0235. The van der Waals surface area contributed by atoms with Gasteiger partial charge in [-0.1, -0.05) is 6.92 Å². The van der Waals surface area contributed by atoms with Crippen molar-refractivity contribution >= 4 is 11.8 Å². The first-order valence-corrected chi connectivity index (χ1v) is 6.32. The van der Waals surface area contributed by atoms with Crippen LogP contribution < -0.4 is 5.32 Å². The zero-order valence-corrected chi connectivity index (χ0v) is 11.0. The number of amides is 2. The Morgan fingerprint density at radius 1 is 1.18 bits per heavy atom. The van der Waals surface area contributed by atoms with E-state index in [9.17, 15) is 9.59 Å².